The van der Waals surface area contributed by atoms with Gasteiger partial charge in [0.2, 0.25) is 5.91 Å². The molecule has 6 heteroatoms. The molecule has 1 aromatic rings. The molecule has 0 atom stereocenters. The highest BCUT2D eigenvalue weighted by atomic mass is 35.5. The van der Waals surface area contributed by atoms with E-state index in [0.29, 0.717) is 5.69 Å². The lowest BCUT2D eigenvalue weighted by Gasteiger charge is -2.18. The normalized spacial score (nSPS) is 16.1. The summed E-state index contributed by atoms with van der Waals surface area (Å²) < 4.78 is 0. The molecule has 16 heavy (non-hydrogen) atoms. The molecular weight excluding hydrogens is 251 g/mol. The van der Waals surface area contributed by atoms with Crippen molar-refractivity contribution in [3.63, 3.8) is 0 Å². The molecule has 0 radical (unpaired) electrons. The van der Waals surface area contributed by atoms with Gasteiger partial charge in [-0.25, -0.2) is 4.98 Å². The van der Waals surface area contributed by atoms with E-state index in [1.807, 2.05) is 0 Å². The summed E-state index contributed by atoms with van der Waals surface area (Å²) in [6.45, 7) is 1.83. The van der Waals surface area contributed by atoms with Crippen molar-refractivity contribution >= 4 is 40.6 Å². The summed E-state index contributed by atoms with van der Waals surface area (Å²) in [6, 6.07) is 1.61. The van der Waals surface area contributed by atoms with E-state index in [2.05, 4.69) is 4.98 Å². The van der Waals surface area contributed by atoms with Crippen molar-refractivity contribution in [2.45, 2.75) is 13.3 Å². The molecule has 1 amide bonds. The second-order valence-electron chi connectivity index (χ2n) is 3.60. The van der Waals surface area contributed by atoms with Gasteiger partial charge in [0.15, 0.2) is 10.9 Å². The Morgan fingerprint density at radius 2 is 2.06 bits per heavy atom. The molecule has 0 spiro atoms. The second-order valence-corrected chi connectivity index (χ2v) is 4.34. The number of ketones is 1. The zero-order valence-corrected chi connectivity index (χ0v) is 9.97. The van der Waals surface area contributed by atoms with Gasteiger partial charge in [-0.1, -0.05) is 23.2 Å². The maximum Gasteiger partial charge on any atom is 0.235 e. The van der Waals surface area contributed by atoms with Gasteiger partial charge >= 0.3 is 0 Å². The lowest BCUT2D eigenvalue weighted by atomic mass is 10.2. The summed E-state index contributed by atoms with van der Waals surface area (Å²) >= 11 is 11.7. The van der Waals surface area contributed by atoms with E-state index in [1.54, 1.807) is 13.0 Å². The van der Waals surface area contributed by atoms with Crippen molar-refractivity contribution in [2.24, 2.45) is 0 Å². The van der Waals surface area contributed by atoms with E-state index < -0.39 is 0 Å². The molecule has 1 aliphatic rings. The van der Waals surface area contributed by atoms with E-state index in [9.17, 15) is 9.59 Å². The van der Waals surface area contributed by atoms with Gasteiger partial charge in [-0.2, -0.15) is 0 Å². The number of aromatic nitrogens is 1. The van der Waals surface area contributed by atoms with Crippen LogP contribution in [0.5, 0.6) is 0 Å². The van der Waals surface area contributed by atoms with Crippen molar-refractivity contribution in [3.8, 4) is 0 Å². The van der Waals surface area contributed by atoms with Gasteiger partial charge in [0, 0.05) is 0 Å². The highest BCUT2D eigenvalue weighted by molar-refractivity contribution is 6.35. The molecule has 2 rings (SSSR count). The Balaban J connectivity index is 2.48. The highest BCUT2D eigenvalue weighted by Gasteiger charge is 2.31. The van der Waals surface area contributed by atoms with Crippen LogP contribution < -0.4 is 4.90 Å². The van der Waals surface area contributed by atoms with Gasteiger partial charge in [-0.15, -0.1) is 0 Å². The summed E-state index contributed by atoms with van der Waals surface area (Å²) in [6.07, 6.45) is -0.0710. The smallest absolute Gasteiger partial charge is 0.235 e. The number of hydrogen-bond acceptors (Lipinski definition) is 3. The molecule has 0 unspecified atom stereocenters. The average molecular weight is 259 g/mol. The number of carbonyl (C=O) groups is 2. The minimum absolute atomic E-state index is 0.0582. The number of rotatable bonds is 1. The number of anilines is 1. The van der Waals surface area contributed by atoms with Gasteiger partial charge in [0.25, 0.3) is 0 Å². The van der Waals surface area contributed by atoms with Crippen LogP contribution in [-0.2, 0) is 9.59 Å². The van der Waals surface area contributed by atoms with Crippen molar-refractivity contribution < 1.29 is 9.59 Å². The molecule has 0 bridgehead atoms. The Bertz CT molecular complexity index is 465. The van der Waals surface area contributed by atoms with Crippen molar-refractivity contribution in [1.29, 1.82) is 0 Å². The van der Waals surface area contributed by atoms with E-state index in [4.69, 9.17) is 23.2 Å². The third-order valence-corrected chi connectivity index (χ3v) is 2.82. The summed E-state index contributed by atoms with van der Waals surface area (Å²) in [5, 5.41) is 0.414. The van der Waals surface area contributed by atoms with Crippen molar-refractivity contribution in [1.82, 2.24) is 4.98 Å². The van der Waals surface area contributed by atoms with E-state index in [0.717, 1.165) is 5.56 Å². The zero-order chi connectivity index (χ0) is 11.9. The molecule has 2 heterocycles. The third kappa shape index (κ3) is 1.90. The molecule has 84 valence electrons. The number of Topliss-reactive ketones (excluding diaryl/α,β-unsaturated/α-hetero) is 1. The summed E-state index contributed by atoms with van der Waals surface area (Å²) in [7, 11) is 0. The summed E-state index contributed by atoms with van der Waals surface area (Å²) in [5.74, 6) is -0.366. The highest BCUT2D eigenvalue weighted by Crippen LogP contribution is 2.32. The third-order valence-electron chi connectivity index (χ3n) is 2.36. The fourth-order valence-electron chi connectivity index (χ4n) is 1.70. The number of pyridine rings is 1. The average Bonchev–Trinajstić information content (AvgIpc) is 2.43. The van der Waals surface area contributed by atoms with E-state index in [-0.39, 0.29) is 35.0 Å². The number of hydrogen-bond donors (Lipinski definition) is 0. The van der Waals surface area contributed by atoms with Crippen LogP contribution in [0.15, 0.2) is 6.07 Å². The van der Waals surface area contributed by atoms with Crippen LogP contribution in [0.25, 0.3) is 0 Å². The molecule has 1 aliphatic heterocycles. The first-order chi connectivity index (χ1) is 7.49. The first-order valence-electron chi connectivity index (χ1n) is 4.63. The minimum Gasteiger partial charge on any atom is -0.301 e. The van der Waals surface area contributed by atoms with Gasteiger partial charge in [0.1, 0.15) is 5.15 Å². The van der Waals surface area contributed by atoms with Crippen LogP contribution in [0.4, 0.5) is 5.69 Å². The molecule has 1 saturated heterocycles. The van der Waals surface area contributed by atoms with Crippen LogP contribution in [0.3, 0.4) is 0 Å². The largest absolute Gasteiger partial charge is 0.301 e. The monoisotopic (exact) mass is 258 g/mol. The Morgan fingerprint density at radius 1 is 1.38 bits per heavy atom. The van der Waals surface area contributed by atoms with Crippen LogP contribution in [0.2, 0.25) is 10.3 Å². The fraction of sp³-hybridized carbons (Fsp3) is 0.300. The Kier molecular flexibility index (Phi) is 2.86. The second kappa shape index (κ2) is 4.03. The van der Waals surface area contributed by atoms with Gasteiger partial charge in [0.05, 0.1) is 18.7 Å². The number of halogens is 2. The molecular formula is C10H8Cl2N2O2. The topological polar surface area (TPSA) is 50.3 Å². The number of aryl methyl sites for hydroxylation is 1. The van der Waals surface area contributed by atoms with Crippen LogP contribution in [0.1, 0.15) is 12.0 Å². The van der Waals surface area contributed by atoms with Crippen molar-refractivity contribution in [2.75, 3.05) is 11.4 Å². The maximum absolute atomic E-state index is 11.6. The first-order valence-corrected chi connectivity index (χ1v) is 5.39. The molecule has 0 saturated carbocycles. The minimum atomic E-state index is -0.251. The number of carbonyl (C=O) groups excluding carboxylic acids is 2. The van der Waals surface area contributed by atoms with E-state index >= 15 is 0 Å². The lowest BCUT2D eigenvalue weighted by Crippen LogP contribution is -2.26. The molecule has 0 aliphatic carbocycles. The van der Waals surface area contributed by atoms with Crippen LogP contribution in [0, 0.1) is 6.92 Å². The summed E-state index contributed by atoms with van der Waals surface area (Å²) in [4.78, 5) is 27.9. The quantitative estimate of drug-likeness (QED) is 0.572. The lowest BCUT2D eigenvalue weighted by molar-refractivity contribution is -0.121. The molecule has 0 aromatic carbocycles. The molecule has 1 fully saturated rings. The number of amides is 1. The van der Waals surface area contributed by atoms with Gasteiger partial charge in [-0.3, -0.25) is 9.59 Å². The molecule has 0 N–H and O–H groups in total. The number of nitrogens with zero attached hydrogens (tertiary/aromatic N) is 2. The summed E-state index contributed by atoms with van der Waals surface area (Å²) in [5.41, 5.74) is 1.20. The fourth-order valence-corrected chi connectivity index (χ4v) is 2.33. The van der Waals surface area contributed by atoms with Crippen LogP contribution in [-0.4, -0.2) is 23.2 Å². The maximum atomic E-state index is 11.6. The Hall–Kier alpha value is -1.13. The standard InChI is InChI=1S/C10H8Cl2N2O2/c1-5-2-7(11)13-10(12)9(5)14-4-6(15)3-8(14)16/h2H,3-4H2,1H3. The Morgan fingerprint density at radius 3 is 2.56 bits per heavy atom. The predicted octanol–water partition coefficient (Wildman–Crippen LogP) is 2.00. The van der Waals surface area contributed by atoms with Gasteiger partial charge in [-0.05, 0) is 18.6 Å². The predicted molar refractivity (Wildman–Crippen MR) is 61.0 cm³/mol. The van der Waals surface area contributed by atoms with Crippen molar-refractivity contribution in [3.05, 3.63) is 21.9 Å². The van der Waals surface area contributed by atoms with Gasteiger partial charge < -0.3 is 4.90 Å². The van der Waals surface area contributed by atoms with Crippen LogP contribution >= 0.6 is 23.2 Å². The SMILES string of the molecule is Cc1cc(Cl)nc(Cl)c1N1CC(=O)CC1=O. The zero-order valence-electron chi connectivity index (χ0n) is 8.46. The van der Waals surface area contributed by atoms with E-state index in [1.165, 1.54) is 4.90 Å². The molecule has 4 nitrogen and oxygen atoms in total. The first kappa shape index (κ1) is 11.4. The molecule has 1 aromatic heterocycles. The Labute approximate surface area is 102 Å².